The van der Waals surface area contributed by atoms with Crippen molar-refractivity contribution in [1.82, 2.24) is 9.97 Å². The number of halogens is 1. The fraction of sp³-hybridized carbons (Fsp3) is 0.333. The van der Waals surface area contributed by atoms with E-state index in [0.29, 0.717) is 6.54 Å². The second-order valence-corrected chi connectivity index (χ2v) is 4.69. The van der Waals surface area contributed by atoms with Gasteiger partial charge in [0.2, 0.25) is 0 Å². The Morgan fingerprint density at radius 3 is 2.88 bits per heavy atom. The predicted molar refractivity (Wildman–Crippen MR) is 69.4 cm³/mol. The van der Waals surface area contributed by atoms with Crippen molar-refractivity contribution in [3.8, 4) is 0 Å². The largest absolute Gasteiger partial charge is 0.330 e. The molecule has 0 atom stereocenters. The number of fused-ring (bicyclic) bond motifs is 1. The molecule has 3 nitrogen and oxygen atoms in total. The van der Waals surface area contributed by atoms with Gasteiger partial charge in [-0.25, -0.2) is 9.97 Å². The highest BCUT2D eigenvalue weighted by molar-refractivity contribution is 9.10. The average Bonchev–Trinajstić information content (AvgIpc) is 2.25. The Morgan fingerprint density at radius 2 is 2.12 bits per heavy atom. The smallest absolute Gasteiger partial charge is 0.129 e. The summed E-state index contributed by atoms with van der Waals surface area (Å²) < 4.78 is 1.04. The summed E-state index contributed by atoms with van der Waals surface area (Å²) in [5, 5.41) is 1.11. The molecule has 16 heavy (non-hydrogen) atoms. The van der Waals surface area contributed by atoms with Gasteiger partial charge in [-0.15, -0.1) is 0 Å². The third-order valence-corrected chi connectivity index (χ3v) is 2.99. The van der Waals surface area contributed by atoms with Gasteiger partial charge in [-0.2, -0.15) is 0 Å². The minimum atomic E-state index is 0.679. The average molecular weight is 280 g/mol. The van der Waals surface area contributed by atoms with Crippen LogP contribution in [0.4, 0.5) is 0 Å². The third-order valence-electron chi connectivity index (χ3n) is 2.50. The zero-order valence-corrected chi connectivity index (χ0v) is 10.8. The van der Waals surface area contributed by atoms with Gasteiger partial charge in [-0.3, -0.25) is 0 Å². The van der Waals surface area contributed by atoms with E-state index >= 15 is 0 Å². The molecule has 4 heteroatoms. The van der Waals surface area contributed by atoms with Crippen LogP contribution in [0.5, 0.6) is 0 Å². The zero-order valence-electron chi connectivity index (χ0n) is 9.20. The Hall–Kier alpha value is -1.000. The minimum absolute atomic E-state index is 0.679. The molecule has 1 aromatic heterocycles. The van der Waals surface area contributed by atoms with Crippen LogP contribution in [0, 0.1) is 6.92 Å². The molecule has 2 aromatic rings. The maximum atomic E-state index is 5.49. The number of rotatable bonds is 3. The molecule has 0 spiro atoms. The molecule has 0 saturated heterocycles. The van der Waals surface area contributed by atoms with E-state index in [2.05, 4.69) is 25.9 Å². The second-order valence-electron chi connectivity index (χ2n) is 3.78. The van der Waals surface area contributed by atoms with Crippen LogP contribution in [0.3, 0.4) is 0 Å². The van der Waals surface area contributed by atoms with E-state index in [1.807, 2.05) is 25.1 Å². The summed E-state index contributed by atoms with van der Waals surface area (Å²) in [4.78, 5) is 9.02. The SMILES string of the molecule is Cc1nc(CCCN)nc2cc(Br)ccc12. The van der Waals surface area contributed by atoms with Gasteiger partial charge in [0.25, 0.3) is 0 Å². The second kappa shape index (κ2) is 4.89. The molecule has 2 N–H and O–H groups in total. The van der Waals surface area contributed by atoms with Crippen molar-refractivity contribution in [3.63, 3.8) is 0 Å². The highest BCUT2D eigenvalue weighted by Gasteiger charge is 2.04. The Morgan fingerprint density at radius 1 is 1.31 bits per heavy atom. The van der Waals surface area contributed by atoms with Crippen molar-refractivity contribution in [1.29, 1.82) is 0 Å². The first-order valence-electron chi connectivity index (χ1n) is 5.33. The van der Waals surface area contributed by atoms with Gasteiger partial charge in [0, 0.05) is 22.0 Å². The Balaban J connectivity index is 2.47. The maximum absolute atomic E-state index is 5.49. The summed E-state index contributed by atoms with van der Waals surface area (Å²) in [5.74, 6) is 0.883. The molecule has 0 radical (unpaired) electrons. The van der Waals surface area contributed by atoms with Gasteiger partial charge in [-0.1, -0.05) is 15.9 Å². The first kappa shape index (κ1) is 11.5. The molecule has 1 aromatic carbocycles. The number of nitrogens with zero attached hydrogens (tertiary/aromatic N) is 2. The van der Waals surface area contributed by atoms with Crippen molar-refractivity contribution < 1.29 is 0 Å². The maximum Gasteiger partial charge on any atom is 0.129 e. The molecule has 0 unspecified atom stereocenters. The molecule has 1 heterocycles. The molecular weight excluding hydrogens is 266 g/mol. The van der Waals surface area contributed by atoms with Crippen LogP contribution in [-0.2, 0) is 6.42 Å². The first-order chi connectivity index (χ1) is 7.70. The van der Waals surface area contributed by atoms with Crippen LogP contribution in [0.1, 0.15) is 17.9 Å². The molecule has 0 amide bonds. The standard InChI is InChI=1S/C12H14BrN3/c1-8-10-5-4-9(13)7-11(10)16-12(15-8)3-2-6-14/h4-5,7H,2-3,6,14H2,1H3. The van der Waals surface area contributed by atoms with E-state index in [4.69, 9.17) is 5.73 Å². The van der Waals surface area contributed by atoms with Gasteiger partial charge in [0.05, 0.1) is 5.52 Å². The summed E-state index contributed by atoms with van der Waals surface area (Å²) in [5.41, 5.74) is 7.51. The minimum Gasteiger partial charge on any atom is -0.330 e. The van der Waals surface area contributed by atoms with Gasteiger partial charge < -0.3 is 5.73 Å². The lowest BCUT2D eigenvalue weighted by Gasteiger charge is -2.05. The monoisotopic (exact) mass is 279 g/mol. The number of nitrogens with two attached hydrogens (primary N) is 1. The van der Waals surface area contributed by atoms with Crippen LogP contribution in [0.15, 0.2) is 22.7 Å². The Labute approximate surface area is 103 Å². The first-order valence-corrected chi connectivity index (χ1v) is 6.13. The number of aryl methyl sites for hydroxylation is 2. The highest BCUT2D eigenvalue weighted by atomic mass is 79.9. The predicted octanol–water partition coefficient (Wildman–Crippen LogP) is 2.59. The molecule has 0 saturated carbocycles. The molecule has 0 aliphatic rings. The molecule has 0 bridgehead atoms. The lowest BCUT2D eigenvalue weighted by Crippen LogP contribution is -2.04. The van der Waals surface area contributed by atoms with Crippen LogP contribution < -0.4 is 5.73 Å². The number of hydrogen-bond donors (Lipinski definition) is 1. The highest BCUT2D eigenvalue weighted by Crippen LogP contribution is 2.20. The van der Waals surface area contributed by atoms with Crippen molar-refractivity contribution in [2.24, 2.45) is 5.73 Å². The van der Waals surface area contributed by atoms with E-state index in [-0.39, 0.29) is 0 Å². The summed E-state index contributed by atoms with van der Waals surface area (Å²) in [6, 6.07) is 6.08. The van der Waals surface area contributed by atoms with E-state index < -0.39 is 0 Å². The molecule has 2 rings (SSSR count). The number of benzene rings is 1. The fourth-order valence-corrected chi connectivity index (χ4v) is 2.04. The lowest BCUT2D eigenvalue weighted by molar-refractivity contribution is 0.782. The molecule has 0 aliphatic carbocycles. The van der Waals surface area contributed by atoms with Crippen LogP contribution in [0.25, 0.3) is 10.9 Å². The van der Waals surface area contributed by atoms with Gasteiger partial charge in [-0.05, 0) is 38.1 Å². The van der Waals surface area contributed by atoms with Crippen LogP contribution in [-0.4, -0.2) is 16.5 Å². The van der Waals surface area contributed by atoms with Crippen molar-refractivity contribution >= 4 is 26.8 Å². The topological polar surface area (TPSA) is 51.8 Å². The van der Waals surface area contributed by atoms with Crippen LogP contribution >= 0.6 is 15.9 Å². The quantitative estimate of drug-likeness (QED) is 0.940. The summed E-state index contributed by atoms with van der Waals surface area (Å²) in [6.07, 6.45) is 1.78. The van der Waals surface area contributed by atoms with Crippen molar-refractivity contribution in [2.75, 3.05) is 6.54 Å². The van der Waals surface area contributed by atoms with Gasteiger partial charge >= 0.3 is 0 Å². The van der Waals surface area contributed by atoms with Gasteiger partial charge in [0.15, 0.2) is 0 Å². The molecule has 84 valence electrons. The Kier molecular flexibility index (Phi) is 3.51. The summed E-state index contributed by atoms with van der Waals surface area (Å²) >= 11 is 3.45. The fourth-order valence-electron chi connectivity index (χ4n) is 1.69. The third kappa shape index (κ3) is 2.39. The molecule has 0 fully saturated rings. The normalized spacial score (nSPS) is 10.9. The van der Waals surface area contributed by atoms with Crippen molar-refractivity contribution in [2.45, 2.75) is 19.8 Å². The number of aromatic nitrogens is 2. The zero-order chi connectivity index (χ0) is 11.5. The van der Waals surface area contributed by atoms with Gasteiger partial charge in [0.1, 0.15) is 5.82 Å². The van der Waals surface area contributed by atoms with E-state index in [1.54, 1.807) is 0 Å². The van der Waals surface area contributed by atoms with E-state index in [0.717, 1.165) is 39.7 Å². The summed E-state index contributed by atoms with van der Waals surface area (Å²) in [7, 11) is 0. The van der Waals surface area contributed by atoms with Crippen molar-refractivity contribution in [3.05, 3.63) is 34.2 Å². The lowest BCUT2D eigenvalue weighted by atomic mass is 10.2. The van der Waals surface area contributed by atoms with E-state index in [1.165, 1.54) is 0 Å². The van der Waals surface area contributed by atoms with E-state index in [9.17, 15) is 0 Å². The van der Waals surface area contributed by atoms with Crippen LogP contribution in [0.2, 0.25) is 0 Å². The molecule has 0 aliphatic heterocycles. The molecular formula is C12H14BrN3. The summed E-state index contributed by atoms with van der Waals surface area (Å²) in [6.45, 7) is 2.70. The number of hydrogen-bond acceptors (Lipinski definition) is 3. The Bertz CT molecular complexity index is 511.